The predicted molar refractivity (Wildman–Crippen MR) is 72.5 cm³/mol. The summed E-state index contributed by atoms with van der Waals surface area (Å²) < 4.78 is 14.3. The number of rotatable bonds is 5. The molecule has 2 aromatic rings. The Hall–Kier alpha value is -1.73. The molecule has 0 unspecified atom stereocenters. The lowest BCUT2D eigenvalue weighted by molar-refractivity contribution is -0.131. The van der Waals surface area contributed by atoms with Crippen LogP contribution in [0, 0.1) is 5.82 Å². The topological polar surface area (TPSA) is 63.1 Å². The van der Waals surface area contributed by atoms with Gasteiger partial charge in [-0.3, -0.25) is 0 Å². The van der Waals surface area contributed by atoms with E-state index in [2.05, 4.69) is 10.2 Å². The second-order valence-electron chi connectivity index (χ2n) is 3.52. The van der Waals surface area contributed by atoms with Crippen molar-refractivity contribution in [1.82, 2.24) is 10.2 Å². The Morgan fingerprint density at radius 1 is 1.53 bits per heavy atom. The monoisotopic (exact) mass is 296 g/mol. The molecule has 0 atom stereocenters. The van der Waals surface area contributed by atoms with E-state index in [9.17, 15) is 9.18 Å². The Morgan fingerprint density at radius 2 is 2.37 bits per heavy atom. The number of hydrogen-bond donors (Lipinski definition) is 1. The van der Waals surface area contributed by atoms with E-state index in [0.717, 1.165) is 16.0 Å². The maximum absolute atomic E-state index is 13.5. The normalized spacial score (nSPS) is 11.0. The molecular formula is C12H9FN2O2S2. The molecule has 0 aliphatic rings. The van der Waals surface area contributed by atoms with E-state index in [0.29, 0.717) is 5.75 Å². The van der Waals surface area contributed by atoms with Gasteiger partial charge in [0.25, 0.3) is 0 Å². The number of halogens is 1. The highest BCUT2D eigenvalue weighted by Crippen LogP contribution is 2.24. The van der Waals surface area contributed by atoms with Crippen molar-refractivity contribution in [2.24, 2.45) is 0 Å². The lowest BCUT2D eigenvalue weighted by Gasteiger charge is -2.02. The van der Waals surface area contributed by atoms with Crippen LogP contribution in [0.2, 0.25) is 0 Å². The number of nitrogens with zero attached hydrogens (tertiary/aromatic N) is 2. The van der Waals surface area contributed by atoms with Crippen molar-refractivity contribution in [3.63, 3.8) is 0 Å². The number of thioether (sulfide) groups is 1. The zero-order valence-corrected chi connectivity index (χ0v) is 11.2. The number of benzene rings is 1. The largest absolute Gasteiger partial charge is 0.478 e. The van der Waals surface area contributed by atoms with Gasteiger partial charge in [-0.1, -0.05) is 29.2 Å². The van der Waals surface area contributed by atoms with Gasteiger partial charge < -0.3 is 5.11 Å². The van der Waals surface area contributed by atoms with E-state index in [1.54, 1.807) is 17.6 Å². The van der Waals surface area contributed by atoms with Crippen LogP contribution in [0.4, 0.5) is 4.39 Å². The van der Waals surface area contributed by atoms with Gasteiger partial charge in [-0.25, -0.2) is 9.18 Å². The first-order chi connectivity index (χ1) is 9.15. The smallest absolute Gasteiger partial charge is 0.328 e. The molecule has 4 nitrogen and oxygen atoms in total. The third-order valence-corrected chi connectivity index (χ3v) is 4.10. The molecule has 0 fully saturated rings. The number of aromatic nitrogens is 2. The van der Waals surface area contributed by atoms with Gasteiger partial charge in [0.1, 0.15) is 11.3 Å². The predicted octanol–water partition coefficient (Wildman–Crippen LogP) is 3.07. The number of hydrogen-bond acceptors (Lipinski definition) is 5. The molecule has 0 spiro atoms. The van der Waals surface area contributed by atoms with E-state index >= 15 is 0 Å². The highest BCUT2D eigenvalue weighted by Gasteiger charge is 2.04. The van der Waals surface area contributed by atoms with Crippen LogP contribution in [0.25, 0.3) is 6.08 Å². The molecule has 0 aliphatic carbocycles. The first kappa shape index (κ1) is 13.7. The van der Waals surface area contributed by atoms with Gasteiger partial charge in [-0.15, -0.1) is 10.2 Å². The van der Waals surface area contributed by atoms with E-state index < -0.39 is 11.8 Å². The van der Waals surface area contributed by atoms with Crippen LogP contribution in [0.3, 0.4) is 0 Å². The highest BCUT2D eigenvalue weighted by molar-refractivity contribution is 8.00. The second-order valence-corrected chi connectivity index (χ2v) is 5.58. The molecule has 2 rings (SSSR count). The quantitative estimate of drug-likeness (QED) is 0.678. The maximum atomic E-state index is 13.5. The lowest BCUT2D eigenvalue weighted by Crippen LogP contribution is -1.90. The summed E-state index contributed by atoms with van der Waals surface area (Å²) in [6.45, 7) is 0. The van der Waals surface area contributed by atoms with Crippen molar-refractivity contribution >= 4 is 35.1 Å². The zero-order valence-electron chi connectivity index (χ0n) is 9.62. The van der Waals surface area contributed by atoms with Crippen LogP contribution < -0.4 is 0 Å². The third kappa shape index (κ3) is 4.15. The Balaban J connectivity index is 2.09. The van der Waals surface area contributed by atoms with E-state index in [-0.39, 0.29) is 5.56 Å². The van der Waals surface area contributed by atoms with Crippen LogP contribution >= 0.6 is 23.1 Å². The zero-order chi connectivity index (χ0) is 13.7. The Kier molecular flexibility index (Phi) is 4.64. The van der Waals surface area contributed by atoms with Gasteiger partial charge in [0.2, 0.25) is 0 Å². The number of carboxylic acids is 1. The average Bonchev–Trinajstić information content (AvgIpc) is 2.89. The molecule has 0 saturated carbocycles. The van der Waals surface area contributed by atoms with Crippen molar-refractivity contribution in [1.29, 1.82) is 0 Å². The lowest BCUT2D eigenvalue weighted by atomic mass is 10.1. The van der Waals surface area contributed by atoms with Gasteiger partial charge >= 0.3 is 5.97 Å². The van der Waals surface area contributed by atoms with Crippen molar-refractivity contribution in [3.05, 3.63) is 46.7 Å². The van der Waals surface area contributed by atoms with Gasteiger partial charge in [-0.2, -0.15) is 0 Å². The summed E-state index contributed by atoms with van der Waals surface area (Å²) in [6.07, 6.45) is 2.16. The summed E-state index contributed by atoms with van der Waals surface area (Å²) in [5.41, 5.74) is 2.80. The maximum Gasteiger partial charge on any atom is 0.328 e. The summed E-state index contributed by atoms with van der Waals surface area (Å²) >= 11 is 2.94. The van der Waals surface area contributed by atoms with Gasteiger partial charge in [0.15, 0.2) is 4.34 Å². The first-order valence-corrected chi connectivity index (χ1v) is 7.10. The number of aliphatic carboxylic acids is 1. The SMILES string of the molecule is O=C(O)/C=C/c1cc(CSc2nncs2)ccc1F. The molecule has 98 valence electrons. The summed E-state index contributed by atoms with van der Waals surface area (Å²) in [5.74, 6) is -0.918. The van der Waals surface area contributed by atoms with Gasteiger partial charge in [0.05, 0.1) is 0 Å². The molecule has 1 aromatic carbocycles. The summed E-state index contributed by atoms with van der Waals surface area (Å²) in [6, 6.07) is 4.63. The second kappa shape index (κ2) is 6.44. The number of carbonyl (C=O) groups is 1. The van der Waals surface area contributed by atoms with Gasteiger partial charge in [0, 0.05) is 17.4 Å². The molecule has 0 bridgehead atoms. The molecule has 0 amide bonds. The van der Waals surface area contributed by atoms with Crippen LogP contribution in [-0.4, -0.2) is 21.3 Å². The molecule has 19 heavy (non-hydrogen) atoms. The van der Waals surface area contributed by atoms with Crippen LogP contribution in [0.15, 0.2) is 34.1 Å². The van der Waals surface area contributed by atoms with Crippen molar-refractivity contribution in [2.75, 3.05) is 0 Å². The summed E-state index contributed by atoms with van der Waals surface area (Å²) in [5, 5.41) is 16.2. The Morgan fingerprint density at radius 3 is 3.05 bits per heavy atom. The molecule has 1 aromatic heterocycles. The van der Waals surface area contributed by atoms with E-state index in [4.69, 9.17) is 5.11 Å². The fourth-order valence-corrected chi connectivity index (χ4v) is 2.77. The average molecular weight is 296 g/mol. The van der Waals surface area contributed by atoms with Gasteiger partial charge in [-0.05, 0) is 23.8 Å². The van der Waals surface area contributed by atoms with Crippen LogP contribution in [-0.2, 0) is 10.5 Å². The highest BCUT2D eigenvalue weighted by atomic mass is 32.2. The first-order valence-electron chi connectivity index (χ1n) is 5.23. The molecule has 1 heterocycles. The van der Waals surface area contributed by atoms with E-state index in [1.165, 1.54) is 35.2 Å². The standard InChI is InChI=1S/C12H9FN2O2S2/c13-10-3-1-8(5-9(10)2-4-11(16)17)6-18-12-15-14-7-19-12/h1-5,7H,6H2,(H,16,17)/b4-2+. The minimum absolute atomic E-state index is 0.262. The molecule has 0 radical (unpaired) electrons. The Bertz CT molecular complexity index is 600. The third-order valence-electron chi connectivity index (χ3n) is 2.17. The minimum atomic E-state index is -1.10. The number of carboxylic acid groups (broad SMARTS) is 1. The molecule has 1 N–H and O–H groups in total. The Labute approximate surface area is 117 Å². The fraction of sp³-hybridized carbons (Fsp3) is 0.0833. The van der Waals surface area contributed by atoms with Crippen LogP contribution in [0.5, 0.6) is 0 Å². The van der Waals surface area contributed by atoms with Crippen LogP contribution in [0.1, 0.15) is 11.1 Å². The van der Waals surface area contributed by atoms with Crippen molar-refractivity contribution in [3.8, 4) is 0 Å². The fourth-order valence-electron chi connectivity index (χ4n) is 1.34. The minimum Gasteiger partial charge on any atom is -0.478 e. The molecular weight excluding hydrogens is 287 g/mol. The molecule has 0 saturated heterocycles. The van der Waals surface area contributed by atoms with Crippen molar-refractivity contribution < 1.29 is 14.3 Å². The molecule has 0 aliphatic heterocycles. The van der Waals surface area contributed by atoms with Crippen molar-refractivity contribution in [2.45, 2.75) is 10.1 Å². The van der Waals surface area contributed by atoms with E-state index in [1.807, 2.05) is 0 Å². The molecule has 7 heteroatoms. The summed E-state index contributed by atoms with van der Waals surface area (Å²) in [7, 11) is 0. The summed E-state index contributed by atoms with van der Waals surface area (Å²) in [4.78, 5) is 10.4.